The standard InChI is InChI=1S/C10H8N2.C2H2N2O/c1-3-9(7-11-5-1)10-4-2-6-12-8-10;1-3-2-5-4-1/h1-8H;1-2H. The summed E-state index contributed by atoms with van der Waals surface area (Å²) in [6, 6.07) is 7.87. The van der Waals surface area contributed by atoms with Gasteiger partial charge in [0.1, 0.15) is 0 Å². The van der Waals surface area contributed by atoms with Crippen LogP contribution in [0, 0.1) is 0 Å². The Bertz CT molecular complexity index is 456. The molecule has 0 saturated carbocycles. The molecule has 0 amide bonds. The van der Waals surface area contributed by atoms with Gasteiger partial charge in [-0.25, -0.2) is 4.98 Å². The van der Waals surface area contributed by atoms with Crippen LogP contribution in [-0.2, 0) is 0 Å². The van der Waals surface area contributed by atoms with Crippen molar-refractivity contribution < 1.29 is 4.52 Å². The van der Waals surface area contributed by atoms with Crippen LogP contribution in [-0.4, -0.2) is 20.1 Å². The van der Waals surface area contributed by atoms with Gasteiger partial charge in [0.2, 0.25) is 6.39 Å². The molecule has 0 aliphatic carbocycles. The fourth-order valence-electron chi connectivity index (χ4n) is 1.20. The van der Waals surface area contributed by atoms with E-state index in [-0.39, 0.29) is 0 Å². The molecule has 3 aromatic heterocycles. The van der Waals surface area contributed by atoms with Crippen molar-refractivity contribution in [2.45, 2.75) is 0 Å². The molecule has 0 bridgehead atoms. The van der Waals surface area contributed by atoms with Crippen LogP contribution >= 0.6 is 0 Å². The van der Waals surface area contributed by atoms with E-state index >= 15 is 0 Å². The number of rotatable bonds is 1. The number of pyridine rings is 2. The predicted molar refractivity (Wildman–Crippen MR) is 61.8 cm³/mol. The molecule has 5 heteroatoms. The van der Waals surface area contributed by atoms with Crippen molar-refractivity contribution in [1.82, 2.24) is 20.1 Å². The second kappa shape index (κ2) is 6.12. The maximum Gasteiger partial charge on any atom is 0.213 e. The summed E-state index contributed by atoms with van der Waals surface area (Å²) in [7, 11) is 0. The second-order valence-corrected chi connectivity index (χ2v) is 3.06. The summed E-state index contributed by atoms with van der Waals surface area (Å²) >= 11 is 0. The Hall–Kier alpha value is -2.56. The van der Waals surface area contributed by atoms with Crippen LogP contribution in [0.5, 0.6) is 0 Å². The van der Waals surface area contributed by atoms with Crippen molar-refractivity contribution in [2.75, 3.05) is 0 Å². The van der Waals surface area contributed by atoms with E-state index in [0.717, 1.165) is 11.1 Å². The fourth-order valence-corrected chi connectivity index (χ4v) is 1.20. The molecular formula is C12H10N4O. The molecule has 0 aromatic carbocycles. The number of aromatic nitrogens is 4. The zero-order valence-corrected chi connectivity index (χ0v) is 8.97. The quantitative estimate of drug-likeness (QED) is 0.636. The largest absolute Gasteiger partial charge is 0.343 e. The summed E-state index contributed by atoms with van der Waals surface area (Å²) in [6.45, 7) is 0. The van der Waals surface area contributed by atoms with Crippen molar-refractivity contribution in [3.63, 3.8) is 0 Å². The Morgan fingerprint density at radius 1 is 0.824 bits per heavy atom. The highest BCUT2D eigenvalue weighted by atomic mass is 16.5. The Kier molecular flexibility index (Phi) is 3.94. The summed E-state index contributed by atoms with van der Waals surface area (Å²) in [5, 5.41) is 3.24. The summed E-state index contributed by atoms with van der Waals surface area (Å²) in [4.78, 5) is 11.5. The topological polar surface area (TPSA) is 64.7 Å². The molecule has 17 heavy (non-hydrogen) atoms. The van der Waals surface area contributed by atoms with E-state index in [9.17, 15) is 0 Å². The smallest absolute Gasteiger partial charge is 0.213 e. The highest BCUT2D eigenvalue weighted by molar-refractivity contribution is 5.60. The summed E-state index contributed by atoms with van der Waals surface area (Å²) in [5.41, 5.74) is 2.20. The molecule has 0 radical (unpaired) electrons. The highest BCUT2D eigenvalue weighted by Crippen LogP contribution is 2.14. The lowest BCUT2D eigenvalue weighted by Crippen LogP contribution is -1.79. The van der Waals surface area contributed by atoms with Crippen molar-refractivity contribution in [2.24, 2.45) is 0 Å². The van der Waals surface area contributed by atoms with Crippen molar-refractivity contribution >= 4 is 0 Å². The Labute approximate surface area is 98.2 Å². The van der Waals surface area contributed by atoms with Crippen molar-refractivity contribution in [3.8, 4) is 11.1 Å². The predicted octanol–water partition coefficient (Wildman–Crippen LogP) is 2.21. The van der Waals surface area contributed by atoms with Gasteiger partial charge in [0.15, 0.2) is 6.33 Å². The van der Waals surface area contributed by atoms with E-state index in [4.69, 9.17) is 0 Å². The number of hydrogen-bond donors (Lipinski definition) is 0. The maximum atomic E-state index is 4.22. The van der Waals surface area contributed by atoms with Gasteiger partial charge in [0.25, 0.3) is 0 Å². The molecule has 0 atom stereocenters. The van der Waals surface area contributed by atoms with Crippen LogP contribution in [0.3, 0.4) is 0 Å². The van der Waals surface area contributed by atoms with E-state index < -0.39 is 0 Å². The van der Waals surface area contributed by atoms with E-state index in [1.807, 2.05) is 36.7 Å². The molecule has 0 spiro atoms. The van der Waals surface area contributed by atoms with Gasteiger partial charge in [-0.3, -0.25) is 9.97 Å². The van der Waals surface area contributed by atoms with Gasteiger partial charge < -0.3 is 4.52 Å². The molecule has 3 rings (SSSR count). The Balaban J connectivity index is 0.000000181. The second-order valence-electron chi connectivity index (χ2n) is 3.06. The fraction of sp³-hybridized carbons (Fsp3) is 0. The minimum Gasteiger partial charge on any atom is -0.343 e. The lowest BCUT2D eigenvalue weighted by molar-refractivity contribution is 0.416. The third-order valence-electron chi connectivity index (χ3n) is 1.94. The monoisotopic (exact) mass is 226 g/mol. The molecule has 5 nitrogen and oxygen atoms in total. The van der Waals surface area contributed by atoms with Crippen LogP contribution in [0.15, 0.2) is 66.3 Å². The van der Waals surface area contributed by atoms with E-state index in [1.54, 1.807) is 12.4 Å². The molecule has 0 aliphatic heterocycles. The Morgan fingerprint density at radius 3 is 1.76 bits per heavy atom. The Morgan fingerprint density at radius 2 is 1.47 bits per heavy atom. The number of hydrogen-bond acceptors (Lipinski definition) is 5. The highest BCUT2D eigenvalue weighted by Gasteiger charge is 1.93. The van der Waals surface area contributed by atoms with Gasteiger partial charge in [-0.1, -0.05) is 17.3 Å². The lowest BCUT2D eigenvalue weighted by atomic mass is 10.1. The molecular weight excluding hydrogens is 216 g/mol. The van der Waals surface area contributed by atoms with Gasteiger partial charge in [-0.15, -0.1) is 0 Å². The molecule has 0 fully saturated rings. The van der Waals surface area contributed by atoms with Crippen molar-refractivity contribution in [1.29, 1.82) is 0 Å². The van der Waals surface area contributed by atoms with E-state index in [2.05, 4.69) is 24.6 Å². The van der Waals surface area contributed by atoms with Crippen molar-refractivity contribution in [3.05, 3.63) is 61.8 Å². The average molecular weight is 226 g/mol. The third kappa shape index (κ3) is 3.49. The number of nitrogens with zero attached hydrogens (tertiary/aromatic N) is 4. The molecule has 0 saturated heterocycles. The summed E-state index contributed by atoms with van der Waals surface area (Å²) in [6.07, 6.45) is 9.79. The van der Waals surface area contributed by atoms with E-state index in [1.165, 1.54) is 12.7 Å². The van der Waals surface area contributed by atoms with Crippen LogP contribution in [0.1, 0.15) is 0 Å². The normalized spacial score (nSPS) is 9.18. The zero-order chi connectivity index (χ0) is 11.8. The molecule has 84 valence electrons. The summed E-state index contributed by atoms with van der Waals surface area (Å²) in [5.74, 6) is 0. The van der Waals surface area contributed by atoms with Gasteiger partial charge in [-0.2, -0.15) is 0 Å². The van der Waals surface area contributed by atoms with Gasteiger partial charge in [-0.05, 0) is 12.1 Å². The molecule has 0 aliphatic rings. The third-order valence-corrected chi connectivity index (χ3v) is 1.94. The van der Waals surface area contributed by atoms with E-state index in [0.29, 0.717) is 0 Å². The first-order valence-electron chi connectivity index (χ1n) is 4.96. The summed E-state index contributed by atoms with van der Waals surface area (Å²) < 4.78 is 4.22. The molecule has 3 aromatic rings. The zero-order valence-electron chi connectivity index (χ0n) is 8.97. The van der Waals surface area contributed by atoms with Crippen LogP contribution in [0.25, 0.3) is 11.1 Å². The first kappa shape index (κ1) is 10.9. The van der Waals surface area contributed by atoms with Gasteiger partial charge in [0, 0.05) is 35.9 Å². The van der Waals surface area contributed by atoms with Crippen LogP contribution < -0.4 is 0 Å². The molecule has 0 unspecified atom stereocenters. The minimum atomic E-state index is 1.10. The average Bonchev–Trinajstić information content (AvgIpc) is 3.00. The van der Waals surface area contributed by atoms with Gasteiger partial charge >= 0.3 is 0 Å². The molecule has 3 heterocycles. The lowest BCUT2D eigenvalue weighted by Gasteiger charge is -1.97. The van der Waals surface area contributed by atoms with Crippen LogP contribution in [0.4, 0.5) is 0 Å². The first-order valence-corrected chi connectivity index (χ1v) is 4.96. The maximum absolute atomic E-state index is 4.22. The minimum absolute atomic E-state index is 1.10. The van der Waals surface area contributed by atoms with Gasteiger partial charge in [0.05, 0.1) is 0 Å². The SMILES string of the molecule is c1cncc(-c2cccnc2)c1.c1ncon1. The van der Waals surface area contributed by atoms with Crippen LogP contribution in [0.2, 0.25) is 0 Å². The molecule has 0 N–H and O–H groups in total. The first-order chi connectivity index (χ1) is 8.47.